The van der Waals surface area contributed by atoms with Crippen LogP contribution in [-0.4, -0.2) is 40.7 Å². The maximum absolute atomic E-state index is 13.1. The highest BCUT2D eigenvalue weighted by Crippen LogP contribution is 2.48. The molecular formula is C21H23N3O2. The zero-order valence-electron chi connectivity index (χ0n) is 16.0. The van der Waals surface area contributed by atoms with Gasteiger partial charge in [0.05, 0.1) is 33.6 Å². The highest BCUT2D eigenvalue weighted by Gasteiger charge is 2.51. The molecule has 26 heavy (non-hydrogen) atoms. The minimum Gasteiger partial charge on any atom is -0.331 e. The molecule has 0 saturated heterocycles. The van der Waals surface area contributed by atoms with Crippen LogP contribution in [0.2, 0.25) is 0 Å². The van der Waals surface area contributed by atoms with Crippen molar-refractivity contribution in [1.29, 1.82) is 0 Å². The fourth-order valence-electron chi connectivity index (χ4n) is 3.94. The van der Waals surface area contributed by atoms with E-state index in [0.717, 1.165) is 22.5 Å². The van der Waals surface area contributed by atoms with Crippen LogP contribution in [0.25, 0.3) is 11.1 Å². The van der Waals surface area contributed by atoms with E-state index in [1.165, 1.54) is 0 Å². The summed E-state index contributed by atoms with van der Waals surface area (Å²) in [6, 6.07) is 9.69. The van der Waals surface area contributed by atoms with Crippen molar-refractivity contribution in [1.82, 2.24) is 14.8 Å². The van der Waals surface area contributed by atoms with Gasteiger partial charge in [-0.05, 0) is 33.3 Å². The van der Waals surface area contributed by atoms with Gasteiger partial charge in [0.2, 0.25) is 0 Å². The first-order valence-electron chi connectivity index (χ1n) is 8.80. The lowest BCUT2D eigenvalue weighted by Gasteiger charge is -2.30. The first-order valence-corrected chi connectivity index (χ1v) is 8.80. The minimum atomic E-state index is -0.523. The molecule has 0 radical (unpaired) electrons. The summed E-state index contributed by atoms with van der Waals surface area (Å²) in [7, 11) is 3.59. The van der Waals surface area contributed by atoms with Crippen LogP contribution in [-0.2, 0) is 11.1 Å². The molecule has 1 aromatic heterocycles. The fourth-order valence-corrected chi connectivity index (χ4v) is 3.94. The zero-order chi connectivity index (χ0) is 19.0. The van der Waals surface area contributed by atoms with Gasteiger partial charge in [-0.25, -0.2) is 0 Å². The molecule has 0 unspecified atom stereocenters. The summed E-state index contributed by atoms with van der Waals surface area (Å²) in [5.41, 5.74) is 3.16. The Morgan fingerprint density at radius 3 is 1.58 bits per heavy atom. The second-order valence-electron chi connectivity index (χ2n) is 8.15. The van der Waals surface area contributed by atoms with Crippen LogP contribution in [0.1, 0.15) is 59.8 Å². The van der Waals surface area contributed by atoms with Crippen LogP contribution in [0, 0.1) is 0 Å². The third-order valence-corrected chi connectivity index (χ3v) is 6.13. The van der Waals surface area contributed by atoms with Crippen molar-refractivity contribution < 1.29 is 9.59 Å². The van der Waals surface area contributed by atoms with Crippen LogP contribution in [0.15, 0.2) is 30.3 Å². The number of pyridine rings is 1. The first-order chi connectivity index (χ1) is 12.1. The lowest BCUT2D eigenvalue weighted by molar-refractivity contribution is 0.0684. The van der Waals surface area contributed by atoms with E-state index in [4.69, 9.17) is 4.98 Å². The van der Waals surface area contributed by atoms with Crippen LogP contribution >= 0.6 is 0 Å². The molecule has 2 aliphatic rings. The maximum atomic E-state index is 13.1. The van der Waals surface area contributed by atoms with E-state index in [1.54, 1.807) is 23.9 Å². The number of fused-ring (bicyclic) bond motifs is 2. The predicted molar refractivity (Wildman–Crippen MR) is 99.9 cm³/mol. The van der Waals surface area contributed by atoms with Gasteiger partial charge >= 0.3 is 0 Å². The molecule has 3 heterocycles. The van der Waals surface area contributed by atoms with E-state index < -0.39 is 11.1 Å². The van der Waals surface area contributed by atoms with Gasteiger partial charge < -0.3 is 9.80 Å². The smallest absolute Gasteiger partial charge is 0.256 e. The molecule has 2 aliphatic heterocycles. The number of aromatic nitrogens is 1. The molecule has 0 bridgehead atoms. The van der Waals surface area contributed by atoms with E-state index in [9.17, 15) is 9.59 Å². The number of rotatable bonds is 1. The highest BCUT2D eigenvalue weighted by molar-refractivity contribution is 6.13. The number of amides is 2. The van der Waals surface area contributed by atoms with Gasteiger partial charge in [0.1, 0.15) is 0 Å². The summed E-state index contributed by atoms with van der Waals surface area (Å²) < 4.78 is 0. The topological polar surface area (TPSA) is 53.5 Å². The molecule has 134 valence electrons. The number of carbonyl (C=O) groups excluding carboxylic acids is 2. The van der Waals surface area contributed by atoms with Crippen molar-refractivity contribution in [3.63, 3.8) is 0 Å². The van der Waals surface area contributed by atoms with E-state index in [-0.39, 0.29) is 11.8 Å². The molecule has 0 aliphatic carbocycles. The molecule has 0 atom stereocenters. The zero-order valence-corrected chi connectivity index (χ0v) is 16.0. The number of carbonyl (C=O) groups is 2. The number of hydrogen-bond donors (Lipinski definition) is 0. The third kappa shape index (κ3) is 1.83. The Labute approximate surface area is 153 Å². The fraction of sp³-hybridized carbons (Fsp3) is 0.381. The quantitative estimate of drug-likeness (QED) is 0.793. The molecule has 0 fully saturated rings. The third-order valence-electron chi connectivity index (χ3n) is 6.13. The summed E-state index contributed by atoms with van der Waals surface area (Å²) in [5.74, 6) is -0.168. The number of hydrogen-bond acceptors (Lipinski definition) is 3. The Balaban J connectivity index is 2.19. The molecule has 5 heteroatoms. The Morgan fingerprint density at radius 2 is 1.15 bits per heavy atom. The summed E-state index contributed by atoms with van der Waals surface area (Å²) in [4.78, 5) is 34.6. The molecule has 0 spiro atoms. The van der Waals surface area contributed by atoms with Gasteiger partial charge in [0.15, 0.2) is 0 Å². The average Bonchev–Trinajstić information content (AvgIpc) is 2.90. The van der Waals surface area contributed by atoms with E-state index in [1.807, 2.05) is 58.0 Å². The first kappa shape index (κ1) is 16.8. The molecular weight excluding hydrogens is 326 g/mol. The van der Waals surface area contributed by atoms with Crippen molar-refractivity contribution in [3.8, 4) is 11.1 Å². The average molecular weight is 349 g/mol. The SMILES string of the molecule is CN1C(=O)c2c(nc3c(c2-c2ccccc2)C(=O)N(C)C3(C)C)C1(C)C. The van der Waals surface area contributed by atoms with Gasteiger partial charge in [-0.2, -0.15) is 0 Å². The Hall–Kier alpha value is -2.69. The normalized spacial score (nSPS) is 19.8. The molecule has 5 nitrogen and oxygen atoms in total. The summed E-state index contributed by atoms with van der Waals surface area (Å²) in [6.07, 6.45) is 0. The lowest BCUT2D eigenvalue weighted by atomic mass is 9.87. The van der Waals surface area contributed by atoms with Gasteiger partial charge in [-0.15, -0.1) is 0 Å². The molecule has 0 N–H and O–H groups in total. The maximum Gasteiger partial charge on any atom is 0.256 e. The van der Waals surface area contributed by atoms with Crippen molar-refractivity contribution in [2.45, 2.75) is 38.8 Å². The summed E-state index contributed by atoms with van der Waals surface area (Å²) in [5, 5.41) is 0. The summed E-state index contributed by atoms with van der Waals surface area (Å²) in [6.45, 7) is 7.99. The summed E-state index contributed by atoms with van der Waals surface area (Å²) >= 11 is 0. The van der Waals surface area contributed by atoms with Crippen molar-refractivity contribution >= 4 is 11.8 Å². The van der Waals surface area contributed by atoms with Crippen molar-refractivity contribution in [2.75, 3.05) is 14.1 Å². The van der Waals surface area contributed by atoms with Gasteiger partial charge in [0.25, 0.3) is 11.8 Å². The van der Waals surface area contributed by atoms with Crippen molar-refractivity contribution in [3.05, 3.63) is 52.8 Å². The van der Waals surface area contributed by atoms with E-state index in [0.29, 0.717) is 11.1 Å². The predicted octanol–water partition coefficient (Wildman–Crippen LogP) is 3.39. The lowest BCUT2D eigenvalue weighted by Crippen LogP contribution is -2.37. The Kier molecular flexibility index (Phi) is 3.18. The van der Waals surface area contributed by atoms with Gasteiger partial charge in [-0.3, -0.25) is 14.6 Å². The van der Waals surface area contributed by atoms with Crippen LogP contribution in [0.3, 0.4) is 0 Å². The van der Waals surface area contributed by atoms with Crippen molar-refractivity contribution in [2.24, 2.45) is 0 Å². The Morgan fingerprint density at radius 1 is 0.731 bits per heavy atom. The van der Waals surface area contributed by atoms with Crippen LogP contribution in [0.4, 0.5) is 0 Å². The van der Waals surface area contributed by atoms with E-state index >= 15 is 0 Å². The minimum absolute atomic E-state index is 0.0840. The molecule has 2 amide bonds. The standard InChI is InChI=1S/C21H23N3O2/c1-20(2)16-14(18(25)23(20)5)13(12-10-8-7-9-11-12)15-17(22-16)21(3,4)24(6)19(15)26/h7-11H,1-6H3. The van der Waals surface area contributed by atoms with Crippen LogP contribution in [0.5, 0.6) is 0 Å². The van der Waals surface area contributed by atoms with Gasteiger partial charge in [-0.1, -0.05) is 30.3 Å². The van der Waals surface area contributed by atoms with Gasteiger partial charge in [0, 0.05) is 19.7 Å². The molecule has 2 aromatic rings. The molecule has 0 saturated carbocycles. The molecule has 4 rings (SSSR count). The largest absolute Gasteiger partial charge is 0.331 e. The second-order valence-corrected chi connectivity index (χ2v) is 8.15. The highest BCUT2D eigenvalue weighted by atomic mass is 16.2. The Bertz CT molecular complexity index is 905. The van der Waals surface area contributed by atoms with Crippen LogP contribution < -0.4 is 0 Å². The number of benzene rings is 1. The van der Waals surface area contributed by atoms with E-state index in [2.05, 4.69) is 0 Å². The monoisotopic (exact) mass is 349 g/mol. The second kappa shape index (κ2) is 4.93. The number of nitrogens with zero attached hydrogens (tertiary/aromatic N) is 3. The molecule has 1 aromatic carbocycles.